The highest BCUT2D eigenvalue weighted by atomic mass is 32.2. The summed E-state index contributed by atoms with van der Waals surface area (Å²) in [6.07, 6.45) is 7.62. The van der Waals surface area contributed by atoms with Crippen molar-refractivity contribution in [2.75, 3.05) is 22.4 Å². The number of hydrogen-bond donors (Lipinski definition) is 1. The Kier molecular flexibility index (Phi) is 6.48. The predicted octanol–water partition coefficient (Wildman–Crippen LogP) is 5.62. The molecule has 2 bridgehead atoms. The molecule has 0 spiro atoms. The third-order valence-electron chi connectivity index (χ3n) is 8.02. The normalized spacial score (nSPS) is 23.5. The van der Waals surface area contributed by atoms with Crippen LogP contribution in [0.1, 0.15) is 69.0 Å². The van der Waals surface area contributed by atoms with E-state index in [-0.39, 0.29) is 5.91 Å². The van der Waals surface area contributed by atoms with E-state index in [1.165, 1.54) is 0 Å². The fourth-order valence-corrected chi connectivity index (χ4v) is 6.51. The first kappa shape index (κ1) is 26.0. The maximum absolute atomic E-state index is 14.3. The Hall–Kier alpha value is -3.27. The first-order valence-electron chi connectivity index (χ1n) is 13.6. The summed E-state index contributed by atoms with van der Waals surface area (Å²) >= 11 is 0. The van der Waals surface area contributed by atoms with Gasteiger partial charge in [0, 0.05) is 30.3 Å². The molecule has 1 aromatic heterocycles. The van der Waals surface area contributed by atoms with Crippen LogP contribution in [0.2, 0.25) is 0 Å². The van der Waals surface area contributed by atoms with Crippen LogP contribution in [0.25, 0.3) is 11.1 Å². The van der Waals surface area contributed by atoms with Gasteiger partial charge in [-0.2, -0.15) is 4.98 Å². The molecule has 0 atom stereocenters. The molecule has 7 rings (SSSR count). The van der Waals surface area contributed by atoms with E-state index < -0.39 is 21.1 Å². The van der Waals surface area contributed by atoms with Crippen molar-refractivity contribution >= 4 is 27.3 Å². The Morgan fingerprint density at radius 1 is 1.08 bits per heavy atom. The lowest BCUT2D eigenvalue weighted by atomic mass is 9.42. The average molecular weight is 553 g/mol. The van der Waals surface area contributed by atoms with Crippen molar-refractivity contribution in [3.8, 4) is 11.1 Å². The molecule has 0 unspecified atom stereocenters. The SMILES string of the molecule is CS(=O)(=O)Nc1cccc(-c2cccc(N(CCCCCc3nc(C4CC4)no3)C(=O)C34CC(F)(C3)C4)c2)c1. The number of amides is 1. The van der Waals surface area contributed by atoms with Crippen molar-refractivity contribution < 1.29 is 22.1 Å². The molecule has 8 nitrogen and oxygen atoms in total. The van der Waals surface area contributed by atoms with Gasteiger partial charge in [0.15, 0.2) is 5.82 Å². The number of carbonyl (C=O) groups excluding carboxylic acids is 1. The quantitative estimate of drug-likeness (QED) is 0.292. The summed E-state index contributed by atoms with van der Waals surface area (Å²) in [6.45, 7) is 0.538. The number of halogens is 1. The van der Waals surface area contributed by atoms with Crippen LogP contribution in [-0.4, -0.2) is 42.9 Å². The lowest BCUT2D eigenvalue weighted by Crippen LogP contribution is -2.70. The Bertz CT molecular complexity index is 1480. The van der Waals surface area contributed by atoms with Gasteiger partial charge in [0.25, 0.3) is 0 Å². The third-order valence-corrected chi connectivity index (χ3v) is 8.63. The zero-order chi connectivity index (χ0) is 27.3. The fraction of sp³-hybridized carbons (Fsp3) is 0.483. The fourth-order valence-electron chi connectivity index (χ4n) is 5.95. The second-order valence-electron chi connectivity index (χ2n) is 11.6. The van der Waals surface area contributed by atoms with Crippen LogP contribution >= 0.6 is 0 Å². The van der Waals surface area contributed by atoms with Crippen molar-refractivity contribution in [2.45, 2.75) is 69.4 Å². The van der Waals surface area contributed by atoms with Crippen LogP contribution in [0.4, 0.5) is 15.8 Å². The van der Waals surface area contributed by atoms with E-state index in [0.29, 0.717) is 43.3 Å². The minimum atomic E-state index is -3.40. The molecule has 0 radical (unpaired) electrons. The van der Waals surface area contributed by atoms with Gasteiger partial charge in [-0.1, -0.05) is 35.8 Å². The number of aromatic nitrogens is 2. The van der Waals surface area contributed by atoms with Crippen molar-refractivity contribution in [1.82, 2.24) is 10.1 Å². The van der Waals surface area contributed by atoms with E-state index >= 15 is 0 Å². The molecule has 1 heterocycles. The van der Waals surface area contributed by atoms with Crippen LogP contribution in [0.5, 0.6) is 0 Å². The number of rotatable bonds is 12. The minimum Gasteiger partial charge on any atom is -0.339 e. The van der Waals surface area contributed by atoms with Crippen molar-refractivity contribution in [2.24, 2.45) is 5.41 Å². The van der Waals surface area contributed by atoms with Crippen LogP contribution in [-0.2, 0) is 21.2 Å². The molecule has 10 heteroatoms. The highest BCUT2D eigenvalue weighted by Gasteiger charge is 2.73. The van der Waals surface area contributed by atoms with E-state index in [2.05, 4.69) is 14.9 Å². The van der Waals surface area contributed by atoms with Crippen LogP contribution < -0.4 is 9.62 Å². The summed E-state index contributed by atoms with van der Waals surface area (Å²) in [5.41, 5.74) is 1.21. The van der Waals surface area contributed by atoms with E-state index in [4.69, 9.17) is 4.52 Å². The molecule has 4 saturated carbocycles. The second kappa shape index (κ2) is 9.73. The number of alkyl halides is 1. The lowest BCUT2D eigenvalue weighted by molar-refractivity contribution is -0.211. The number of hydrogen-bond acceptors (Lipinski definition) is 6. The van der Waals surface area contributed by atoms with Gasteiger partial charge in [0.05, 0.1) is 11.7 Å². The Morgan fingerprint density at radius 3 is 2.49 bits per heavy atom. The average Bonchev–Trinajstić information content (AvgIpc) is 3.60. The smallest absolute Gasteiger partial charge is 0.233 e. The summed E-state index contributed by atoms with van der Waals surface area (Å²) in [4.78, 5) is 20.0. The zero-order valence-electron chi connectivity index (χ0n) is 22.0. The van der Waals surface area contributed by atoms with Crippen molar-refractivity contribution in [1.29, 1.82) is 0 Å². The Labute approximate surface area is 228 Å². The summed E-state index contributed by atoms with van der Waals surface area (Å²) in [6, 6.07) is 14.8. The minimum absolute atomic E-state index is 0.00218. The standard InChI is InChI=1S/C29H33FN4O4S/c1-39(36,37)33-23-9-5-7-21(15-23)22-8-6-10-24(16-22)34(27(35)28-17-29(30,18-28)19-28)14-4-2-3-11-25-31-26(32-38-25)20-12-13-20/h5-10,15-16,20,33H,2-4,11-14,17-19H2,1H3. The van der Waals surface area contributed by atoms with Crippen LogP contribution in [0.15, 0.2) is 53.1 Å². The topological polar surface area (TPSA) is 105 Å². The van der Waals surface area contributed by atoms with Gasteiger partial charge in [-0.15, -0.1) is 0 Å². The largest absolute Gasteiger partial charge is 0.339 e. The second-order valence-corrected chi connectivity index (χ2v) is 13.3. The molecule has 39 heavy (non-hydrogen) atoms. The van der Waals surface area contributed by atoms with Gasteiger partial charge < -0.3 is 9.42 Å². The third kappa shape index (κ3) is 5.57. The highest BCUT2D eigenvalue weighted by Crippen LogP contribution is 2.70. The summed E-state index contributed by atoms with van der Waals surface area (Å²) in [5, 5.41) is 4.07. The maximum Gasteiger partial charge on any atom is 0.233 e. The predicted molar refractivity (Wildman–Crippen MR) is 147 cm³/mol. The van der Waals surface area contributed by atoms with E-state index in [0.717, 1.165) is 67.4 Å². The van der Waals surface area contributed by atoms with Gasteiger partial charge >= 0.3 is 0 Å². The van der Waals surface area contributed by atoms with E-state index in [9.17, 15) is 17.6 Å². The molecule has 4 aliphatic carbocycles. The molecule has 2 aromatic carbocycles. The van der Waals surface area contributed by atoms with Gasteiger partial charge in [-0.3, -0.25) is 9.52 Å². The molecular formula is C29H33FN4O4S. The maximum atomic E-state index is 14.3. The van der Waals surface area contributed by atoms with Crippen LogP contribution in [0, 0.1) is 5.41 Å². The first-order valence-corrected chi connectivity index (χ1v) is 15.5. The Morgan fingerprint density at radius 2 is 1.79 bits per heavy atom. The van der Waals surface area contributed by atoms with Crippen molar-refractivity contribution in [3.63, 3.8) is 0 Å². The number of sulfonamides is 1. The van der Waals surface area contributed by atoms with Gasteiger partial charge in [0.2, 0.25) is 21.8 Å². The number of carbonyl (C=O) groups is 1. The van der Waals surface area contributed by atoms with E-state index in [1.54, 1.807) is 18.2 Å². The monoisotopic (exact) mass is 552 g/mol. The molecule has 0 aliphatic heterocycles. The number of aryl methyl sites for hydroxylation is 1. The summed E-state index contributed by atoms with van der Waals surface area (Å²) in [5.74, 6) is 1.96. The highest BCUT2D eigenvalue weighted by molar-refractivity contribution is 7.92. The number of unbranched alkanes of at least 4 members (excludes halogenated alkanes) is 2. The number of nitrogens with zero attached hydrogens (tertiary/aromatic N) is 3. The molecule has 3 aromatic rings. The molecule has 1 amide bonds. The molecule has 0 saturated heterocycles. The van der Waals surface area contributed by atoms with Crippen molar-refractivity contribution in [3.05, 3.63) is 60.2 Å². The molecule has 4 aliphatic rings. The first-order chi connectivity index (χ1) is 18.6. The molecule has 4 fully saturated rings. The van der Waals surface area contributed by atoms with Gasteiger partial charge in [-0.25, -0.2) is 12.8 Å². The van der Waals surface area contributed by atoms with Gasteiger partial charge in [0.1, 0.15) is 5.67 Å². The molecular weight excluding hydrogens is 519 g/mol. The van der Waals surface area contributed by atoms with E-state index in [1.807, 2.05) is 35.2 Å². The summed E-state index contributed by atoms with van der Waals surface area (Å²) in [7, 11) is -3.40. The van der Waals surface area contributed by atoms with Crippen LogP contribution in [0.3, 0.4) is 0 Å². The number of nitrogens with one attached hydrogen (secondary N) is 1. The molecule has 206 valence electrons. The molecule has 1 N–H and O–H groups in total. The van der Waals surface area contributed by atoms with Gasteiger partial charge in [-0.05, 0) is 80.3 Å². The number of benzene rings is 2. The summed E-state index contributed by atoms with van der Waals surface area (Å²) < 4.78 is 45.6. The number of anilines is 2. The Balaban J connectivity index is 1.15. The lowest BCUT2D eigenvalue weighted by Gasteiger charge is -2.65. The zero-order valence-corrected chi connectivity index (χ0v) is 22.8.